The van der Waals surface area contributed by atoms with Gasteiger partial charge >= 0.3 is 1.43 Å². The monoisotopic (exact) mass is 338 g/mol. The van der Waals surface area contributed by atoms with Crippen molar-refractivity contribution in [1.29, 1.82) is 5.41 Å². The van der Waals surface area contributed by atoms with Gasteiger partial charge in [-0.05, 0) is 56.1 Å². The molecule has 0 saturated carbocycles. The molecule has 1 aromatic rings. The van der Waals surface area contributed by atoms with Gasteiger partial charge in [0, 0.05) is 17.9 Å². The molecule has 1 N–H and O–H groups in total. The third-order valence-electron chi connectivity index (χ3n) is 4.87. The molecule has 1 heterocycles. The number of halogens is 1. The molecule has 0 radical (unpaired) electrons. The van der Waals surface area contributed by atoms with Gasteiger partial charge in [-0.3, -0.25) is 0 Å². The minimum atomic E-state index is 0. The van der Waals surface area contributed by atoms with E-state index in [2.05, 4.69) is 11.5 Å². The Morgan fingerprint density at radius 1 is 0.950 bits per heavy atom. The van der Waals surface area contributed by atoms with E-state index in [4.69, 9.17) is 5.41 Å². The van der Waals surface area contributed by atoms with Crippen LogP contribution in [-0.2, 0) is 32.2 Å². The predicted octanol–water partition coefficient (Wildman–Crippen LogP) is 0.642. The van der Waals surface area contributed by atoms with E-state index >= 15 is 0 Å². The number of hydrogen-bond acceptors (Lipinski definition) is 1. The van der Waals surface area contributed by atoms with Crippen molar-refractivity contribution in [2.45, 2.75) is 77.7 Å². The zero-order valence-corrected chi connectivity index (χ0v) is 14.2. The molecule has 0 atom stereocenters. The van der Waals surface area contributed by atoms with Crippen LogP contribution in [0.15, 0.2) is 0 Å². The highest BCUT2D eigenvalue weighted by Crippen LogP contribution is 2.27. The number of unbranched alkanes of at least 4 members (excludes halogenated alkanes) is 3. The minimum absolute atomic E-state index is 0. The molecule has 20 heavy (non-hydrogen) atoms. The van der Waals surface area contributed by atoms with Crippen molar-refractivity contribution < 1.29 is 18.4 Å². The average molecular weight is 339 g/mol. The average Bonchev–Trinajstić information content (AvgIpc) is 3.06. The van der Waals surface area contributed by atoms with E-state index in [1.807, 2.05) is 0 Å². The van der Waals surface area contributed by atoms with Crippen molar-refractivity contribution in [1.82, 2.24) is 4.57 Å². The first kappa shape index (κ1) is 15.8. The van der Waals surface area contributed by atoms with Gasteiger partial charge in [0.15, 0.2) is 0 Å². The lowest BCUT2D eigenvalue weighted by Gasteiger charge is -2.19. The van der Waals surface area contributed by atoms with E-state index in [-0.39, 0.29) is 18.4 Å². The van der Waals surface area contributed by atoms with Gasteiger partial charge in [-0.25, -0.2) is 0 Å². The fraction of sp³-hybridized carbons (Fsp3) is 0.706. The first-order chi connectivity index (χ1) is 9.33. The zero-order valence-electron chi connectivity index (χ0n) is 13.6. The second-order valence-electron chi connectivity index (χ2n) is 6.14. The minimum Gasteiger partial charge on any atom is -1.00 e. The summed E-state index contributed by atoms with van der Waals surface area (Å²) in [5.41, 5.74) is 5.80. The van der Waals surface area contributed by atoms with E-state index in [0.29, 0.717) is 0 Å². The molecule has 0 aromatic carbocycles. The molecule has 0 spiro atoms. The highest BCUT2D eigenvalue weighted by Gasteiger charge is 2.24. The molecule has 0 unspecified atom stereocenters. The van der Waals surface area contributed by atoms with Crippen LogP contribution in [0.4, 0.5) is 0 Å². The molecule has 1 aromatic heterocycles. The van der Waals surface area contributed by atoms with Crippen molar-refractivity contribution >= 4 is 0 Å². The Morgan fingerprint density at radius 2 is 1.55 bits per heavy atom. The van der Waals surface area contributed by atoms with E-state index in [0.717, 1.165) is 18.2 Å². The summed E-state index contributed by atoms with van der Waals surface area (Å²) in [7, 11) is 0. The van der Waals surface area contributed by atoms with Gasteiger partial charge < -0.3 is 27.0 Å². The normalized spacial score (nSPS) is 15.8. The summed E-state index contributed by atoms with van der Waals surface area (Å²) >= 11 is 0. The third kappa shape index (κ3) is 2.74. The molecule has 0 saturated heterocycles. The summed E-state index contributed by atoms with van der Waals surface area (Å²) in [5.74, 6) is 0. The number of pyridine rings is 1. The number of nitrogens with zero attached hydrogens (tertiary/aromatic N) is 1. The maximum Gasteiger partial charge on any atom is 1.00 e. The molecule has 0 bridgehead atoms. The number of hydrogen-bond donors (Lipinski definition) is 1. The maximum absolute atomic E-state index is 8.43. The molecule has 2 nitrogen and oxygen atoms in total. The van der Waals surface area contributed by atoms with Crippen LogP contribution in [-0.4, -0.2) is 4.57 Å². The Balaban J connectivity index is 0.00000110. The number of nitrogens with one attached hydrogen (secondary N) is 1. The Morgan fingerprint density at radius 3 is 2.10 bits per heavy atom. The van der Waals surface area contributed by atoms with Crippen molar-refractivity contribution in [2.24, 2.45) is 0 Å². The first-order valence-electron chi connectivity index (χ1n) is 8.13. The predicted molar refractivity (Wildman–Crippen MR) is 79.6 cm³/mol. The van der Waals surface area contributed by atoms with Crippen LogP contribution in [0, 0.1) is 5.41 Å². The molecule has 112 valence electrons. The van der Waals surface area contributed by atoms with Crippen LogP contribution in [0.25, 0.3) is 0 Å². The van der Waals surface area contributed by atoms with Crippen molar-refractivity contribution in [2.75, 3.05) is 0 Å². The zero-order chi connectivity index (χ0) is 13.2. The molecule has 3 heteroatoms. The smallest absolute Gasteiger partial charge is 1.00 e. The van der Waals surface area contributed by atoms with Crippen LogP contribution in [0.1, 0.15) is 69.4 Å². The van der Waals surface area contributed by atoms with Gasteiger partial charge in [-0.15, -0.1) is 0 Å². The molecular formula is C17H27BrN2. The fourth-order valence-electron chi connectivity index (χ4n) is 3.90. The summed E-state index contributed by atoms with van der Waals surface area (Å²) in [6.45, 7) is 3.47. The summed E-state index contributed by atoms with van der Waals surface area (Å²) < 4.78 is 2.62. The van der Waals surface area contributed by atoms with E-state index in [1.165, 1.54) is 80.4 Å². The molecular weight excluding hydrogens is 312 g/mol. The molecule has 0 amide bonds. The Kier molecular flexibility index (Phi) is 5.48. The van der Waals surface area contributed by atoms with E-state index in [9.17, 15) is 0 Å². The van der Waals surface area contributed by atoms with Gasteiger partial charge in [-0.1, -0.05) is 26.2 Å². The highest BCUT2D eigenvalue weighted by atomic mass is 79.9. The highest BCUT2D eigenvalue weighted by molar-refractivity contribution is 5.36. The fourth-order valence-corrected chi connectivity index (χ4v) is 3.90. The molecule has 2 aliphatic carbocycles. The number of aromatic nitrogens is 1. The SMILES string of the molecule is CCCCCCn1c2c(c(=N)c3c1CCC3)CCC2.[Br-].[H+]. The largest absolute Gasteiger partial charge is 1.00 e. The lowest BCUT2D eigenvalue weighted by atomic mass is 10.1. The second-order valence-corrected chi connectivity index (χ2v) is 6.14. The van der Waals surface area contributed by atoms with Gasteiger partial charge in [0.25, 0.3) is 0 Å². The molecule has 0 fully saturated rings. The first-order valence-corrected chi connectivity index (χ1v) is 8.13. The van der Waals surface area contributed by atoms with E-state index < -0.39 is 0 Å². The Hall–Kier alpha value is -0.570. The van der Waals surface area contributed by atoms with Gasteiger partial charge in [-0.2, -0.15) is 0 Å². The van der Waals surface area contributed by atoms with Crippen LogP contribution < -0.4 is 22.3 Å². The topological polar surface area (TPSA) is 28.8 Å². The molecule has 2 aliphatic rings. The number of fused-ring (bicyclic) bond motifs is 2. The lowest BCUT2D eigenvalue weighted by Crippen LogP contribution is -3.00. The quantitative estimate of drug-likeness (QED) is 0.763. The second kappa shape index (κ2) is 6.93. The third-order valence-corrected chi connectivity index (χ3v) is 4.87. The van der Waals surface area contributed by atoms with Gasteiger partial charge in [0.05, 0.1) is 5.36 Å². The Labute approximate surface area is 134 Å². The lowest BCUT2D eigenvalue weighted by molar-refractivity contribution is -0.00000429. The summed E-state index contributed by atoms with van der Waals surface area (Å²) in [4.78, 5) is 0. The van der Waals surface area contributed by atoms with Gasteiger partial charge in [0.1, 0.15) is 0 Å². The van der Waals surface area contributed by atoms with Crippen LogP contribution in [0.3, 0.4) is 0 Å². The summed E-state index contributed by atoms with van der Waals surface area (Å²) in [6.07, 6.45) is 12.6. The summed E-state index contributed by atoms with van der Waals surface area (Å²) in [5, 5.41) is 9.34. The van der Waals surface area contributed by atoms with Gasteiger partial charge in [0.2, 0.25) is 0 Å². The van der Waals surface area contributed by atoms with Crippen LogP contribution in [0.2, 0.25) is 0 Å². The summed E-state index contributed by atoms with van der Waals surface area (Å²) in [6, 6.07) is 0. The Bertz CT molecular complexity index is 498. The van der Waals surface area contributed by atoms with Crippen molar-refractivity contribution in [3.8, 4) is 0 Å². The van der Waals surface area contributed by atoms with Crippen LogP contribution in [0.5, 0.6) is 0 Å². The number of rotatable bonds is 5. The van der Waals surface area contributed by atoms with Crippen LogP contribution >= 0.6 is 0 Å². The molecule has 3 rings (SSSR count). The standard InChI is InChI=1S/C17H26N2.BrH/c1-2-3-4-5-12-19-15-10-6-8-13(15)17(18)14-9-7-11-16(14)19;/h18H,2-12H2,1H3;1H. The van der Waals surface area contributed by atoms with E-state index in [1.54, 1.807) is 0 Å². The molecule has 0 aliphatic heterocycles. The van der Waals surface area contributed by atoms with Crippen molar-refractivity contribution in [3.63, 3.8) is 0 Å². The maximum atomic E-state index is 8.43. The van der Waals surface area contributed by atoms with Crippen molar-refractivity contribution in [3.05, 3.63) is 27.9 Å².